The molecule has 0 saturated carbocycles. The molecule has 0 aliphatic rings. The molecule has 16 heavy (non-hydrogen) atoms. The van der Waals surface area contributed by atoms with Gasteiger partial charge in [-0.15, -0.1) is 0 Å². The lowest BCUT2D eigenvalue weighted by Gasteiger charge is -2.08. The van der Waals surface area contributed by atoms with E-state index in [4.69, 9.17) is 22.1 Å². The second-order valence-corrected chi connectivity index (χ2v) is 4.87. The summed E-state index contributed by atoms with van der Waals surface area (Å²) in [5.74, 6) is 0.736. The summed E-state index contributed by atoms with van der Waals surface area (Å²) in [5, 5.41) is 0.704. The van der Waals surface area contributed by atoms with Crippen LogP contribution in [0.5, 0.6) is 0 Å². The van der Waals surface area contributed by atoms with Gasteiger partial charge in [0.05, 0.1) is 6.61 Å². The Morgan fingerprint density at radius 2 is 2.12 bits per heavy atom. The molecule has 0 radical (unpaired) electrons. The zero-order chi connectivity index (χ0) is 12.0. The van der Waals surface area contributed by atoms with E-state index >= 15 is 0 Å². The van der Waals surface area contributed by atoms with Crippen molar-refractivity contribution in [2.75, 3.05) is 12.3 Å². The van der Waals surface area contributed by atoms with Gasteiger partial charge in [0.1, 0.15) is 0 Å². The van der Waals surface area contributed by atoms with Crippen LogP contribution in [0.4, 0.5) is 5.69 Å². The summed E-state index contributed by atoms with van der Waals surface area (Å²) in [6.07, 6.45) is 2.29. The fourth-order valence-electron chi connectivity index (χ4n) is 1.48. The first kappa shape index (κ1) is 13.3. The zero-order valence-corrected chi connectivity index (χ0v) is 10.8. The maximum absolute atomic E-state index is 5.89. The lowest BCUT2D eigenvalue weighted by molar-refractivity contribution is 0.115. The van der Waals surface area contributed by atoms with Crippen molar-refractivity contribution in [1.82, 2.24) is 0 Å². The second kappa shape index (κ2) is 6.77. The largest absolute Gasteiger partial charge is 0.398 e. The van der Waals surface area contributed by atoms with Crippen molar-refractivity contribution in [1.29, 1.82) is 0 Å². The fourth-order valence-corrected chi connectivity index (χ4v) is 1.67. The van der Waals surface area contributed by atoms with Crippen molar-refractivity contribution < 1.29 is 4.74 Å². The Morgan fingerprint density at radius 1 is 1.38 bits per heavy atom. The second-order valence-electron chi connectivity index (χ2n) is 4.43. The number of ether oxygens (including phenoxy) is 1. The highest BCUT2D eigenvalue weighted by molar-refractivity contribution is 6.30. The molecule has 0 saturated heterocycles. The number of anilines is 1. The van der Waals surface area contributed by atoms with Gasteiger partial charge in [-0.3, -0.25) is 0 Å². The molecule has 1 aromatic rings. The smallest absolute Gasteiger partial charge is 0.0737 e. The molecule has 0 heterocycles. The van der Waals surface area contributed by atoms with Gasteiger partial charge in [-0.25, -0.2) is 0 Å². The normalized spacial score (nSPS) is 11.0. The Labute approximate surface area is 103 Å². The zero-order valence-electron chi connectivity index (χ0n) is 10.0. The van der Waals surface area contributed by atoms with E-state index in [2.05, 4.69) is 13.8 Å². The molecule has 0 atom stereocenters. The summed E-state index contributed by atoms with van der Waals surface area (Å²) < 4.78 is 5.57. The molecule has 1 aromatic carbocycles. The van der Waals surface area contributed by atoms with Crippen LogP contribution in [-0.2, 0) is 11.3 Å². The van der Waals surface area contributed by atoms with Gasteiger partial charge in [0, 0.05) is 22.9 Å². The SMILES string of the molecule is CC(C)CCCOCc1cc(Cl)ccc1N. The molecule has 3 heteroatoms. The maximum Gasteiger partial charge on any atom is 0.0737 e. The van der Waals surface area contributed by atoms with E-state index in [-0.39, 0.29) is 0 Å². The van der Waals surface area contributed by atoms with Gasteiger partial charge in [-0.1, -0.05) is 25.4 Å². The van der Waals surface area contributed by atoms with E-state index < -0.39 is 0 Å². The first-order chi connectivity index (χ1) is 7.59. The van der Waals surface area contributed by atoms with Crippen molar-refractivity contribution in [2.45, 2.75) is 33.3 Å². The van der Waals surface area contributed by atoms with Crippen LogP contribution >= 0.6 is 11.6 Å². The standard InChI is InChI=1S/C13H20ClNO/c1-10(2)4-3-7-16-9-11-8-12(14)5-6-13(11)15/h5-6,8,10H,3-4,7,9,15H2,1-2H3. The van der Waals surface area contributed by atoms with Crippen LogP contribution in [-0.4, -0.2) is 6.61 Å². The highest BCUT2D eigenvalue weighted by Crippen LogP contribution is 2.18. The topological polar surface area (TPSA) is 35.2 Å². The minimum Gasteiger partial charge on any atom is -0.398 e. The third-order valence-electron chi connectivity index (χ3n) is 2.43. The van der Waals surface area contributed by atoms with E-state index in [0.717, 1.165) is 30.2 Å². The van der Waals surface area contributed by atoms with Crippen LogP contribution < -0.4 is 5.73 Å². The van der Waals surface area contributed by atoms with E-state index in [1.165, 1.54) is 6.42 Å². The van der Waals surface area contributed by atoms with Gasteiger partial charge in [0.15, 0.2) is 0 Å². The summed E-state index contributed by atoms with van der Waals surface area (Å²) in [5.41, 5.74) is 7.53. The van der Waals surface area contributed by atoms with Crippen molar-refractivity contribution in [3.8, 4) is 0 Å². The van der Waals surface area contributed by atoms with Crippen LogP contribution in [0.15, 0.2) is 18.2 Å². The lowest BCUT2D eigenvalue weighted by atomic mass is 10.1. The minimum atomic E-state index is 0.546. The minimum absolute atomic E-state index is 0.546. The van der Waals surface area contributed by atoms with Crippen LogP contribution in [0.1, 0.15) is 32.3 Å². The molecule has 90 valence electrons. The van der Waals surface area contributed by atoms with Gasteiger partial charge in [-0.05, 0) is 37.0 Å². The summed E-state index contributed by atoms with van der Waals surface area (Å²) in [4.78, 5) is 0. The molecule has 1 rings (SSSR count). The van der Waals surface area contributed by atoms with E-state index in [1.807, 2.05) is 12.1 Å². The number of rotatable bonds is 6. The number of nitrogen functional groups attached to an aromatic ring is 1. The van der Waals surface area contributed by atoms with Crippen LogP contribution in [0.2, 0.25) is 5.02 Å². The Bertz CT molecular complexity index is 326. The molecule has 2 nitrogen and oxygen atoms in total. The van der Waals surface area contributed by atoms with Crippen molar-refractivity contribution >= 4 is 17.3 Å². The van der Waals surface area contributed by atoms with Gasteiger partial charge in [0.2, 0.25) is 0 Å². The fraction of sp³-hybridized carbons (Fsp3) is 0.538. The molecule has 0 aliphatic heterocycles. The van der Waals surface area contributed by atoms with Gasteiger partial charge < -0.3 is 10.5 Å². The lowest BCUT2D eigenvalue weighted by Crippen LogP contribution is -2.00. The van der Waals surface area contributed by atoms with Crippen LogP contribution in [0.25, 0.3) is 0 Å². The Morgan fingerprint density at radius 3 is 2.81 bits per heavy atom. The highest BCUT2D eigenvalue weighted by atomic mass is 35.5. The Kier molecular flexibility index (Phi) is 5.64. The average molecular weight is 242 g/mol. The van der Waals surface area contributed by atoms with Crippen LogP contribution in [0, 0.1) is 5.92 Å². The number of hydrogen-bond donors (Lipinski definition) is 1. The van der Waals surface area contributed by atoms with Gasteiger partial charge in [-0.2, -0.15) is 0 Å². The van der Waals surface area contributed by atoms with E-state index in [1.54, 1.807) is 6.07 Å². The summed E-state index contributed by atoms with van der Waals surface area (Å²) in [7, 11) is 0. The number of hydrogen-bond acceptors (Lipinski definition) is 2. The molecular formula is C13H20ClNO. The van der Waals surface area contributed by atoms with Gasteiger partial charge in [0.25, 0.3) is 0 Å². The molecule has 2 N–H and O–H groups in total. The summed E-state index contributed by atoms with van der Waals surface area (Å²) in [6.45, 7) is 5.76. The molecule has 0 amide bonds. The molecule has 0 bridgehead atoms. The predicted molar refractivity (Wildman–Crippen MR) is 69.6 cm³/mol. The number of halogens is 1. The molecule has 0 spiro atoms. The predicted octanol–water partition coefficient (Wildman–Crippen LogP) is 3.88. The third-order valence-corrected chi connectivity index (χ3v) is 2.67. The molecule has 0 fully saturated rings. The van der Waals surface area contributed by atoms with E-state index in [0.29, 0.717) is 11.6 Å². The maximum atomic E-state index is 5.89. The van der Waals surface area contributed by atoms with Crippen LogP contribution in [0.3, 0.4) is 0 Å². The Balaban J connectivity index is 2.29. The van der Waals surface area contributed by atoms with Crippen molar-refractivity contribution in [3.63, 3.8) is 0 Å². The highest BCUT2D eigenvalue weighted by Gasteiger charge is 2.01. The first-order valence-electron chi connectivity index (χ1n) is 5.71. The summed E-state index contributed by atoms with van der Waals surface area (Å²) in [6, 6.07) is 5.47. The average Bonchev–Trinajstić information content (AvgIpc) is 2.22. The third kappa shape index (κ3) is 4.86. The Hall–Kier alpha value is -0.730. The first-order valence-corrected chi connectivity index (χ1v) is 6.09. The number of nitrogens with two attached hydrogens (primary N) is 1. The molecular weight excluding hydrogens is 222 g/mol. The van der Waals surface area contributed by atoms with Crippen molar-refractivity contribution in [3.05, 3.63) is 28.8 Å². The molecule has 0 aromatic heterocycles. The van der Waals surface area contributed by atoms with Crippen molar-refractivity contribution in [2.24, 2.45) is 5.92 Å². The summed E-state index contributed by atoms with van der Waals surface area (Å²) >= 11 is 5.89. The molecule has 0 unspecified atom stereocenters. The number of benzene rings is 1. The molecule has 0 aliphatic carbocycles. The van der Waals surface area contributed by atoms with Gasteiger partial charge >= 0.3 is 0 Å². The quantitative estimate of drug-likeness (QED) is 0.606. The monoisotopic (exact) mass is 241 g/mol. The van der Waals surface area contributed by atoms with E-state index in [9.17, 15) is 0 Å².